The summed E-state index contributed by atoms with van der Waals surface area (Å²) in [6, 6.07) is 10.9. The zero-order chi connectivity index (χ0) is 18.1. The molecule has 0 aliphatic rings. The van der Waals surface area contributed by atoms with Crippen LogP contribution < -0.4 is 5.56 Å². The molecule has 0 spiro atoms. The van der Waals surface area contributed by atoms with Gasteiger partial charge in [0.25, 0.3) is 5.56 Å². The molecule has 1 N–H and O–H groups in total. The number of hydrogen-bond donors (Lipinski definition) is 1. The molecule has 2 aromatic carbocycles. The predicted octanol–water partition coefficient (Wildman–Crippen LogP) is 4.04. The number of rotatable bonds is 3. The fourth-order valence-corrected chi connectivity index (χ4v) is 2.53. The van der Waals surface area contributed by atoms with Crippen LogP contribution in [-0.2, 0) is 0 Å². The lowest BCUT2D eigenvalue weighted by molar-refractivity contribution is 0.0694. The Morgan fingerprint density at radius 3 is 2.48 bits per heavy atom. The molecule has 0 saturated heterocycles. The van der Waals surface area contributed by atoms with Crippen molar-refractivity contribution < 1.29 is 14.3 Å². The highest BCUT2D eigenvalue weighted by Crippen LogP contribution is 2.27. The van der Waals surface area contributed by atoms with Crippen molar-refractivity contribution in [1.29, 1.82) is 0 Å². The average Bonchev–Trinajstić information content (AvgIpc) is 2.57. The molecule has 3 aromatic rings. The van der Waals surface area contributed by atoms with E-state index in [0.717, 1.165) is 16.8 Å². The van der Waals surface area contributed by atoms with E-state index in [1.165, 1.54) is 30.3 Å². The van der Waals surface area contributed by atoms with Gasteiger partial charge in [0.05, 0.1) is 21.4 Å². The van der Waals surface area contributed by atoms with Crippen molar-refractivity contribution >= 4 is 29.2 Å². The van der Waals surface area contributed by atoms with E-state index < -0.39 is 22.9 Å². The molecule has 25 heavy (non-hydrogen) atoms. The Morgan fingerprint density at radius 1 is 1.08 bits per heavy atom. The van der Waals surface area contributed by atoms with Crippen molar-refractivity contribution in [1.82, 2.24) is 9.78 Å². The summed E-state index contributed by atoms with van der Waals surface area (Å²) in [4.78, 5) is 23.8. The molecule has 0 fully saturated rings. The first-order valence-electron chi connectivity index (χ1n) is 6.96. The molecule has 0 unspecified atom stereocenters. The van der Waals surface area contributed by atoms with Gasteiger partial charge in [-0.25, -0.2) is 9.18 Å². The monoisotopic (exact) mass is 378 g/mol. The molecule has 0 bridgehead atoms. The predicted molar refractivity (Wildman–Crippen MR) is 92.2 cm³/mol. The van der Waals surface area contributed by atoms with Crippen LogP contribution in [0, 0.1) is 5.82 Å². The molecule has 126 valence electrons. The Labute approximate surface area is 150 Å². The van der Waals surface area contributed by atoms with Gasteiger partial charge in [-0.15, -0.1) is 0 Å². The molecule has 0 aliphatic heterocycles. The van der Waals surface area contributed by atoms with Crippen LogP contribution in [0.1, 0.15) is 10.4 Å². The van der Waals surface area contributed by atoms with E-state index in [4.69, 9.17) is 23.2 Å². The summed E-state index contributed by atoms with van der Waals surface area (Å²) >= 11 is 11.9. The van der Waals surface area contributed by atoms with Gasteiger partial charge >= 0.3 is 5.97 Å². The van der Waals surface area contributed by atoms with Gasteiger partial charge in [0.2, 0.25) is 0 Å². The summed E-state index contributed by atoms with van der Waals surface area (Å²) < 4.78 is 14.3. The standard InChI is InChI=1S/C17H9Cl2FN2O3/c18-13-5-4-9(6-14(13)19)15-8-12(17(24)25)16(23)22(21-15)11-3-1-2-10(20)7-11/h1-8H,(H,24,25). The molecular formula is C17H9Cl2FN2O3. The van der Waals surface area contributed by atoms with E-state index in [-0.39, 0.29) is 16.4 Å². The number of carboxylic acids is 1. The van der Waals surface area contributed by atoms with E-state index >= 15 is 0 Å². The highest BCUT2D eigenvalue weighted by Gasteiger charge is 2.17. The first kappa shape index (κ1) is 17.1. The first-order valence-corrected chi connectivity index (χ1v) is 7.71. The number of carbonyl (C=O) groups is 1. The second-order valence-electron chi connectivity index (χ2n) is 5.07. The Kier molecular flexibility index (Phi) is 4.57. The summed E-state index contributed by atoms with van der Waals surface area (Å²) in [7, 11) is 0. The molecule has 1 heterocycles. The number of hydrogen-bond acceptors (Lipinski definition) is 3. The van der Waals surface area contributed by atoms with E-state index in [0.29, 0.717) is 10.6 Å². The summed E-state index contributed by atoms with van der Waals surface area (Å²) in [6.07, 6.45) is 0. The van der Waals surface area contributed by atoms with Gasteiger partial charge in [0, 0.05) is 5.56 Å². The van der Waals surface area contributed by atoms with Gasteiger partial charge in [-0.2, -0.15) is 9.78 Å². The Bertz CT molecular complexity index is 1050. The third kappa shape index (κ3) is 3.40. The topological polar surface area (TPSA) is 72.2 Å². The molecule has 0 atom stereocenters. The SMILES string of the molecule is O=C(O)c1cc(-c2ccc(Cl)c(Cl)c2)nn(-c2cccc(F)c2)c1=O. The molecule has 0 radical (unpaired) electrons. The van der Waals surface area contributed by atoms with Crippen molar-refractivity contribution in [3.8, 4) is 16.9 Å². The van der Waals surface area contributed by atoms with E-state index in [1.54, 1.807) is 6.07 Å². The van der Waals surface area contributed by atoms with Gasteiger partial charge in [0.1, 0.15) is 11.4 Å². The maximum Gasteiger partial charge on any atom is 0.341 e. The molecule has 8 heteroatoms. The molecule has 0 amide bonds. The van der Waals surface area contributed by atoms with Crippen LogP contribution in [0.25, 0.3) is 16.9 Å². The Morgan fingerprint density at radius 2 is 1.84 bits per heavy atom. The Balaban J connectivity index is 2.29. The summed E-state index contributed by atoms with van der Waals surface area (Å²) in [5, 5.41) is 14.0. The molecule has 0 aliphatic carbocycles. The molecular weight excluding hydrogens is 370 g/mol. The molecule has 1 aromatic heterocycles. The van der Waals surface area contributed by atoms with Gasteiger partial charge < -0.3 is 5.11 Å². The van der Waals surface area contributed by atoms with Crippen LogP contribution in [0.4, 0.5) is 4.39 Å². The lowest BCUT2D eigenvalue weighted by Crippen LogP contribution is -2.27. The average molecular weight is 379 g/mol. The molecule has 0 saturated carbocycles. The lowest BCUT2D eigenvalue weighted by atomic mass is 10.1. The van der Waals surface area contributed by atoms with Crippen molar-refractivity contribution in [2.45, 2.75) is 0 Å². The number of aromatic carboxylic acids is 1. The van der Waals surface area contributed by atoms with Crippen molar-refractivity contribution in [3.63, 3.8) is 0 Å². The van der Waals surface area contributed by atoms with E-state index in [9.17, 15) is 19.1 Å². The number of benzene rings is 2. The van der Waals surface area contributed by atoms with Crippen molar-refractivity contribution in [2.24, 2.45) is 0 Å². The molecule has 5 nitrogen and oxygen atoms in total. The fourth-order valence-electron chi connectivity index (χ4n) is 2.23. The van der Waals surface area contributed by atoms with Gasteiger partial charge in [-0.3, -0.25) is 4.79 Å². The minimum atomic E-state index is -1.42. The summed E-state index contributed by atoms with van der Waals surface area (Å²) in [5.41, 5.74) is -0.626. The molecule has 3 rings (SSSR count). The lowest BCUT2D eigenvalue weighted by Gasteiger charge is -2.10. The Hall–Kier alpha value is -2.70. The largest absolute Gasteiger partial charge is 0.477 e. The zero-order valence-electron chi connectivity index (χ0n) is 12.4. The fraction of sp³-hybridized carbons (Fsp3) is 0. The highest BCUT2D eigenvalue weighted by atomic mass is 35.5. The quantitative estimate of drug-likeness (QED) is 0.746. The second-order valence-corrected chi connectivity index (χ2v) is 5.89. The second kappa shape index (κ2) is 6.66. The van der Waals surface area contributed by atoms with Gasteiger partial charge in [-0.1, -0.05) is 35.3 Å². The van der Waals surface area contributed by atoms with Gasteiger partial charge in [0.15, 0.2) is 0 Å². The number of aromatic nitrogens is 2. The van der Waals surface area contributed by atoms with Crippen LogP contribution in [0.3, 0.4) is 0 Å². The minimum absolute atomic E-state index is 0.106. The van der Waals surface area contributed by atoms with Crippen LogP contribution in [0.5, 0.6) is 0 Å². The maximum absolute atomic E-state index is 13.5. The van der Waals surface area contributed by atoms with E-state index in [1.807, 2.05) is 0 Å². The number of nitrogens with zero attached hydrogens (tertiary/aromatic N) is 2. The van der Waals surface area contributed by atoms with E-state index in [2.05, 4.69) is 5.10 Å². The van der Waals surface area contributed by atoms with Crippen LogP contribution in [-0.4, -0.2) is 20.9 Å². The highest BCUT2D eigenvalue weighted by molar-refractivity contribution is 6.42. The third-order valence-corrected chi connectivity index (χ3v) is 4.15. The van der Waals surface area contributed by atoms with Crippen molar-refractivity contribution in [3.05, 3.63) is 80.3 Å². The van der Waals surface area contributed by atoms with Crippen LogP contribution in [0.2, 0.25) is 10.0 Å². The number of carboxylic acid groups (broad SMARTS) is 1. The first-order chi connectivity index (χ1) is 11.9. The normalized spacial score (nSPS) is 10.7. The smallest absolute Gasteiger partial charge is 0.341 e. The maximum atomic E-state index is 13.5. The third-order valence-electron chi connectivity index (χ3n) is 3.41. The van der Waals surface area contributed by atoms with Crippen LogP contribution in [0.15, 0.2) is 53.3 Å². The van der Waals surface area contributed by atoms with Gasteiger partial charge in [-0.05, 0) is 36.4 Å². The van der Waals surface area contributed by atoms with Crippen molar-refractivity contribution in [2.75, 3.05) is 0 Å². The zero-order valence-corrected chi connectivity index (χ0v) is 13.9. The summed E-state index contributed by atoms with van der Waals surface area (Å²) in [6.45, 7) is 0. The van der Waals surface area contributed by atoms with Crippen LogP contribution >= 0.6 is 23.2 Å². The number of halogens is 3. The minimum Gasteiger partial charge on any atom is -0.477 e. The summed E-state index contributed by atoms with van der Waals surface area (Å²) in [5.74, 6) is -2.00.